The standard InChI is InChI=1S/C22H15BrCl2N4O5S/c1-33-14-7-13(16(24)18(34-2)15(14)23)29(25)21(30)12-8-35-19-17(12)26-9-27-20(19)28-11-5-3-10(4-6-11)22(31)32/h3-9H,1-2H3,(H,31,32)(H,26,27,28). The largest absolute Gasteiger partial charge is 0.495 e. The number of ether oxygens (including phenoxy) is 2. The molecule has 0 fully saturated rings. The van der Waals surface area contributed by atoms with Crippen LogP contribution in [0.2, 0.25) is 5.02 Å². The fraction of sp³-hybridized carbons (Fsp3) is 0.0909. The van der Waals surface area contributed by atoms with Crippen LogP contribution >= 0.6 is 50.6 Å². The summed E-state index contributed by atoms with van der Waals surface area (Å²) < 4.78 is 12.6. The predicted octanol–water partition coefficient (Wildman–Crippen LogP) is 6.37. The van der Waals surface area contributed by atoms with Gasteiger partial charge in [0.1, 0.15) is 21.6 Å². The maximum Gasteiger partial charge on any atom is 0.335 e. The Morgan fingerprint density at radius 1 is 1.17 bits per heavy atom. The molecule has 0 spiro atoms. The van der Waals surface area contributed by atoms with E-state index in [9.17, 15) is 9.59 Å². The van der Waals surface area contributed by atoms with Crippen LogP contribution in [0.3, 0.4) is 0 Å². The van der Waals surface area contributed by atoms with Crippen LogP contribution in [0.15, 0.2) is 46.5 Å². The van der Waals surface area contributed by atoms with Gasteiger partial charge in [0.05, 0.1) is 41.3 Å². The second-order valence-corrected chi connectivity index (χ2v) is 9.29. The number of carboxylic acid groups (broad SMARTS) is 1. The summed E-state index contributed by atoms with van der Waals surface area (Å²) in [6.45, 7) is 0. The van der Waals surface area contributed by atoms with Crippen LogP contribution in [0, 0.1) is 0 Å². The van der Waals surface area contributed by atoms with E-state index in [1.165, 1.54) is 50.1 Å². The minimum Gasteiger partial charge on any atom is -0.495 e. The van der Waals surface area contributed by atoms with Gasteiger partial charge in [-0.3, -0.25) is 4.79 Å². The van der Waals surface area contributed by atoms with Crippen molar-refractivity contribution in [1.82, 2.24) is 9.97 Å². The van der Waals surface area contributed by atoms with Crippen molar-refractivity contribution in [3.05, 3.63) is 62.7 Å². The van der Waals surface area contributed by atoms with E-state index in [0.29, 0.717) is 31.9 Å². The van der Waals surface area contributed by atoms with Gasteiger partial charge in [0.2, 0.25) is 0 Å². The van der Waals surface area contributed by atoms with Gasteiger partial charge in [0.15, 0.2) is 11.6 Å². The smallest absolute Gasteiger partial charge is 0.335 e. The molecular weight excluding hydrogens is 583 g/mol. The molecule has 4 aromatic rings. The summed E-state index contributed by atoms with van der Waals surface area (Å²) in [5.41, 5.74) is 1.58. The lowest BCUT2D eigenvalue weighted by molar-refractivity contribution is 0.0696. The molecule has 0 saturated heterocycles. The maximum absolute atomic E-state index is 13.3. The molecule has 1 amide bonds. The van der Waals surface area contributed by atoms with Crippen LogP contribution in [-0.4, -0.2) is 41.2 Å². The summed E-state index contributed by atoms with van der Waals surface area (Å²) in [6, 6.07) is 7.70. The number of fused-ring (bicyclic) bond motifs is 1. The number of nitrogens with zero attached hydrogens (tertiary/aromatic N) is 3. The number of hydrogen-bond donors (Lipinski definition) is 2. The molecule has 0 saturated carbocycles. The third-order valence-corrected chi connectivity index (χ3v) is 7.33. The van der Waals surface area contributed by atoms with Gasteiger partial charge in [0.25, 0.3) is 5.91 Å². The molecule has 2 aromatic carbocycles. The molecular formula is C22H15BrCl2N4O5S. The van der Waals surface area contributed by atoms with Crippen molar-refractivity contribution >= 4 is 89.9 Å². The third kappa shape index (κ3) is 4.72. The molecule has 0 bridgehead atoms. The van der Waals surface area contributed by atoms with Gasteiger partial charge in [0, 0.05) is 28.9 Å². The number of hydrogen-bond acceptors (Lipinski definition) is 8. The Hall–Kier alpha value is -3.12. The number of thiophene rings is 1. The molecule has 0 aliphatic heterocycles. The van der Waals surface area contributed by atoms with Crippen LogP contribution in [0.5, 0.6) is 11.5 Å². The number of benzene rings is 2. The molecule has 0 aliphatic rings. The second-order valence-electron chi connectivity index (χ2n) is 6.90. The van der Waals surface area contributed by atoms with Crippen LogP contribution in [0.4, 0.5) is 17.2 Å². The number of aromatic nitrogens is 2. The molecule has 0 radical (unpaired) electrons. The van der Waals surface area contributed by atoms with E-state index in [1.807, 2.05) is 0 Å². The number of halogens is 3. The Morgan fingerprint density at radius 3 is 2.51 bits per heavy atom. The molecule has 0 atom stereocenters. The number of methoxy groups -OCH3 is 2. The van der Waals surface area contributed by atoms with E-state index in [4.69, 9.17) is 38.0 Å². The van der Waals surface area contributed by atoms with E-state index in [1.54, 1.807) is 17.5 Å². The van der Waals surface area contributed by atoms with Crippen molar-refractivity contribution in [2.24, 2.45) is 0 Å². The fourth-order valence-corrected chi connectivity index (χ4v) is 5.45. The Bertz CT molecular complexity index is 1450. The summed E-state index contributed by atoms with van der Waals surface area (Å²) in [7, 11) is 2.90. The summed E-state index contributed by atoms with van der Waals surface area (Å²) in [5, 5.41) is 13.9. The minimum atomic E-state index is -1.02. The molecule has 2 aromatic heterocycles. The first-order chi connectivity index (χ1) is 16.8. The van der Waals surface area contributed by atoms with Crippen molar-refractivity contribution < 1.29 is 24.2 Å². The topological polar surface area (TPSA) is 114 Å². The van der Waals surface area contributed by atoms with Crippen molar-refractivity contribution in [3.63, 3.8) is 0 Å². The molecule has 2 N–H and O–H groups in total. The van der Waals surface area contributed by atoms with Gasteiger partial charge in [-0.25, -0.2) is 19.2 Å². The average Bonchev–Trinajstić information content (AvgIpc) is 3.29. The van der Waals surface area contributed by atoms with Crippen molar-refractivity contribution in [3.8, 4) is 11.5 Å². The summed E-state index contributed by atoms with van der Waals surface area (Å²) in [5.74, 6) is -0.501. The lowest BCUT2D eigenvalue weighted by Crippen LogP contribution is -2.21. The first kappa shape index (κ1) is 25.0. The summed E-state index contributed by atoms with van der Waals surface area (Å²) >= 11 is 17.5. The van der Waals surface area contributed by atoms with Gasteiger partial charge < -0.3 is 19.9 Å². The maximum atomic E-state index is 13.3. The van der Waals surface area contributed by atoms with E-state index < -0.39 is 11.9 Å². The molecule has 0 aliphatic carbocycles. The number of carboxylic acids is 1. The average molecular weight is 598 g/mol. The lowest BCUT2D eigenvalue weighted by Gasteiger charge is -2.19. The highest BCUT2D eigenvalue weighted by molar-refractivity contribution is 9.10. The second kappa shape index (κ2) is 10.2. The number of aromatic carboxylic acids is 1. The van der Waals surface area contributed by atoms with E-state index in [2.05, 4.69) is 31.2 Å². The number of nitrogens with one attached hydrogen (secondary N) is 1. The third-order valence-electron chi connectivity index (χ3n) is 4.90. The van der Waals surface area contributed by atoms with E-state index in [0.717, 1.165) is 4.42 Å². The van der Waals surface area contributed by atoms with Crippen LogP contribution < -0.4 is 19.2 Å². The minimum absolute atomic E-state index is 0.116. The van der Waals surface area contributed by atoms with Crippen LogP contribution in [0.25, 0.3) is 10.2 Å². The van der Waals surface area contributed by atoms with E-state index >= 15 is 0 Å². The molecule has 35 heavy (non-hydrogen) atoms. The van der Waals surface area contributed by atoms with Gasteiger partial charge in [-0.15, -0.1) is 11.3 Å². The fourth-order valence-electron chi connectivity index (χ4n) is 3.19. The number of amides is 1. The zero-order valence-corrected chi connectivity index (χ0v) is 21.9. The van der Waals surface area contributed by atoms with Crippen molar-refractivity contribution in [2.45, 2.75) is 0 Å². The first-order valence-corrected chi connectivity index (χ1v) is 12.1. The zero-order valence-electron chi connectivity index (χ0n) is 18.0. The molecule has 180 valence electrons. The zero-order chi connectivity index (χ0) is 25.3. The molecule has 9 nitrogen and oxygen atoms in total. The normalized spacial score (nSPS) is 10.8. The molecule has 13 heteroatoms. The molecule has 0 unspecified atom stereocenters. The summed E-state index contributed by atoms with van der Waals surface area (Å²) in [6.07, 6.45) is 1.32. The highest BCUT2D eigenvalue weighted by Crippen LogP contribution is 2.47. The number of carbonyl (C=O) groups excluding carboxylic acids is 1. The van der Waals surface area contributed by atoms with Crippen LogP contribution in [0.1, 0.15) is 20.7 Å². The van der Waals surface area contributed by atoms with Crippen molar-refractivity contribution in [1.29, 1.82) is 0 Å². The number of carbonyl (C=O) groups is 2. The van der Waals surface area contributed by atoms with E-state index in [-0.39, 0.29) is 27.6 Å². The van der Waals surface area contributed by atoms with Gasteiger partial charge in [-0.1, -0.05) is 11.6 Å². The lowest BCUT2D eigenvalue weighted by atomic mass is 10.2. The Balaban J connectivity index is 1.69. The highest BCUT2D eigenvalue weighted by Gasteiger charge is 2.27. The quantitative estimate of drug-likeness (QED) is 0.236. The predicted molar refractivity (Wildman–Crippen MR) is 139 cm³/mol. The Labute approximate surface area is 221 Å². The monoisotopic (exact) mass is 596 g/mol. The first-order valence-electron chi connectivity index (χ1n) is 9.69. The highest BCUT2D eigenvalue weighted by atomic mass is 79.9. The number of rotatable bonds is 7. The van der Waals surface area contributed by atoms with Gasteiger partial charge in [-0.2, -0.15) is 0 Å². The molecule has 2 heterocycles. The van der Waals surface area contributed by atoms with Crippen molar-refractivity contribution in [2.75, 3.05) is 24.0 Å². The molecule has 4 rings (SSSR count). The summed E-state index contributed by atoms with van der Waals surface area (Å²) in [4.78, 5) is 32.9. The SMILES string of the molecule is COc1cc(N(Cl)C(=O)c2csc3c(Nc4ccc(C(=O)O)cc4)ncnc23)c(Cl)c(OC)c1Br. The van der Waals surface area contributed by atoms with Gasteiger partial charge in [-0.05, 0) is 40.2 Å². The van der Waals surface area contributed by atoms with Crippen LogP contribution in [-0.2, 0) is 0 Å². The Morgan fingerprint density at radius 2 is 1.89 bits per heavy atom. The van der Waals surface area contributed by atoms with Gasteiger partial charge >= 0.3 is 5.97 Å². The Kier molecular flexibility index (Phi) is 7.31. The number of anilines is 3.